The van der Waals surface area contributed by atoms with E-state index in [2.05, 4.69) is 20.2 Å². The van der Waals surface area contributed by atoms with Gasteiger partial charge in [-0.15, -0.1) is 0 Å². The maximum absolute atomic E-state index is 13.3. The maximum atomic E-state index is 13.3. The predicted molar refractivity (Wildman–Crippen MR) is 110 cm³/mol. The summed E-state index contributed by atoms with van der Waals surface area (Å²) in [6.45, 7) is 1.30. The molecule has 2 atom stereocenters. The Morgan fingerprint density at radius 1 is 1.23 bits per heavy atom. The molecule has 1 aliphatic heterocycles. The number of nitrogens with zero attached hydrogens (tertiary/aromatic N) is 3. The molecule has 3 aromatic rings. The predicted octanol–water partition coefficient (Wildman–Crippen LogP) is 3.83. The molecule has 0 saturated carbocycles. The van der Waals surface area contributed by atoms with E-state index in [4.69, 9.17) is 11.6 Å². The summed E-state index contributed by atoms with van der Waals surface area (Å²) in [5, 5.41) is 3.00. The van der Waals surface area contributed by atoms with Crippen molar-refractivity contribution in [3.63, 3.8) is 0 Å². The minimum absolute atomic E-state index is 0.0896. The Morgan fingerprint density at radius 2 is 2.00 bits per heavy atom. The van der Waals surface area contributed by atoms with Crippen molar-refractivity contribution in [1.82, 2.24) is 19.4 Å². The number of alkyl halides is 3. The molecule has 4 rings (SSSR count). The van der Waals surface area contributed by atoms with Gasteiger partial charge in [0.05, 0.1) is 16.1 Å². The first kappa shape index (κ1) is 20.7. The van der Waals surface area contributed by atoms with E-state index < -0.39 is 11.7 Å². The Hall–Kier alpha value is -2.52. The van der Waals surface area contributed by atoms with Crippen LogP contribution in [0.4, 0.5) is 19.1 Å². The molecule has 0 aliphatic carbocycles. The molecule has 30 heavy (non-hydrogen) atoms. The van der Waals surface area contributed by atoms with Gasteiger partial charge < -0.3 is 15.2 Å². The van der Waals surface area contributed by atoms with Gasteiger partial charge in [-0.25, -0.2) is 4.98 Å². The third kappa shape index (κ3) is 3.91. The van der Waals surface area contributed by atoms with Crippen molar-refractivity contribution in [3.05, 3.63) is 57.0 Å². The van der Waals surface area contributed by atoms with Gasteiger partial charge in [0, 0.05) is 32.4 Å². The zero-order valence-corrected chi connectivity index (χ0v) is 17.2. The number of anilines is 1. The molecular formula is C20H21ClF3N5O. The summed E-state index contributed by atoms with van der Waals surface area (Å²) in [7, 11) is 3.56. The maximum Gasteiger partial charge on any atom is 0.417 e. The van der Waals surface area contributed by atoms with E-state index in [9.17, 15) is 18.0 Å². The topological polar surface area (TPSA) is 66.0 Å². The average molecular weight is 440 g/mol. The van der Waals surface area contributed by atoms with Crippen molar-refractivity contribution in [2.75, 3.05) is 25.5 Å². The van der Waals surface area contributed by atoms with E-state index in [0.717, 1.165) is 6.07 Å². The average Bonchev–Trinajstić information content (AvgIpc) is 3.13. The molecule has 10 heteroatoms. The SMILES string of the molecule is CN1C[C@H](Nc2nc3cc[nH]c3c(=O)n2C)C[C@H](c2ccc(Cl)c(C(F)(F)F)c2)C1. The second kappa shape index (κ2) is 7.63. The number of piperidine rings is 1. The molecule has 0 unspecified atom stereocenters. The van der Waals surface area contributed by atoms with Crippen LogP contribution in [0.25, 0.3) is 11.0 Å². The van der Waals surface area contributed by atoms with E-state index in [1.54, 1.807) is 25.4 Å². The molecule has 3 heterocycles. The van der Waals surface area contributed by atoms with Crippen LogP contribution >= 0.6 is 11.6 Å². The third-order valence-corrected chi connectivity index (χ3v) is 5.85. The molecule has 1 fully saturated rings. The molecule has 0 spiro atoms. The first-order chi connectivity index (χ1) is 14.1. The fourth-order valence-corrected chi connectivity index (χ4v) is 4.29. The summed E-state index contributed by atoms with van der Waals surface area (Å²) in [5.74, 6) is 0.311. The fourth-order valence-electron chi connectivity index (χ4n) is 4.07. The number of H-pyrrole nitrogens is 1. The van der Waals surface area contributed by atoms with Crippen molar-refractivity contribution in [2.45, 2.75) is 24.6 Å². The highest BCUT2D eigenvalue weighted by Gasteiger charge is 2.35. The fraction of sp³-hybridized carbons (Fsp3) is 0.400. The molecule has 0 amide bonds. The number of benzene rings is 1. The number of fused-ring (bicyclic) bond motifs is 1. The second-order valence-electron chi connectivity index (χ2n) is 7.77. The van der Waals surface area contributed by atoms with Gasteiger partial charge in [0.1, 0.15) is 5.52 Å². The molecule has 0 bridgehead atoms. The van der Waals surface area contributed by atoms with E-state index in [0.29, 0.717) is 42.1 Å². The summed E-state index contributed by atoms with van der Waals surface area (Å²) in [6, 6.07) is 5.74. The van der Waals surface area contributed by atoms with Crippen molar-refractivity contribution in [2.24, 2.45) is 7.05 Å². The number of halogens is 4. The number of likely N-dealkylation sites (tertiary alicyclic amines) is 1. The molecule has 1 aromatic carbocycles. The lowest BCUT2D eigenvalue weighted by atomic mass is 9.87. The Kier molecular flexibility index (Phi) is 5.27. The number of hydrogen-bond acceptors (Lipinski definition) is 4. The standard InChI is InChI=1S/C20H21ClF3N5O/c1-28-9-12(11-3-4-15(21)14(8-11)20(22,23)24)7-13(10-28)26-19-27-16-5-6-25-17(16)18(30)29(19)2/h3-6,8,12-13,25H,7,9-10H2,1-2H3,(H,26,27)/t12-,13+/m0/s1. The van der Waals surface area contributed by atoms with Crippen molar-refractivity contribution in [3.8, 4) is 0 Å². The number of likely N-dealkylation sites (N-methyl/N-ethyl adjacent to an activating group) is 1. The highest BCUT2D eigenvalue weighted by Crippen LogP contribution is 2.38. The number of nitrogens with one attached hydrogen (secondary N) is 2. The van der Waals surface area contributed by atoms with E-state index >= 15 is 0 Å². The third-order valence-electron chi connectivity index (χ3n) is 5.52. The highest BCUT2D eigenvalue weighted by atomic mass is 35.5. The Labute approximate surface area is 175 Å². The second-order valence-corrected chi connectivity index (χ2v) is 8.18. The van der Waals surface area contributed by atoms with Crippen molar-refractivity contribution in [1.29, 1.82) is 0 Å². The molecule has 1 aliphatic rings. The van der Waals surface area contributed by atoms with Gasteiger partial charge in [0.15, 0.2) is 0 Å². The summed E-state index contributed by atoms with van der Waals surface area (Å²) in [6.07, 6.45) is -2.24. The van der Waals surface area contributed by atoms with Crippen LogP contribution in [0.3, 0.4) is 0 Å². The number of hydrogen-bond donors (Lipinski definition) is 2. The summed E-state index contributed by atoms with van der Waals surface area (Å²) in [5.41, 5.74) is 0.575. The minimum Gasteiger partial charge on any atom is -0.355 e. The van der Waals surface area contributed by atoms with Crippen LogP contribution in [0.1, 0.15) is 23.5 Å². The smallest absolute Gasteiger partial charge is 0.355 e. The molecule has 0 radical (unpaired) electrons. The van der Waals surface area contributed by atoms with Crippen molar-refractivity contribution < 1.29 is 13.2 Å². The lowest BCUT2D eigenvalue weighted by Crippen LogP contribution is -2.44. The van der Waals surface area contributed by atoms with Crippen molar-refractivity contribution >= 4 is 28.6 Å². The van der Waals surface area contributed by atoms with E-state index in [-0.39, 0.29) is 22.5 Å². The Balaban J connectivity index is 1.60. The van der Waals surface area contributed by atoms with Crippen LogP contribution in [0.2, 0.25) is 5.02 Å². The number of aromatic amines is 1. The van der Waals surface area contributed by atoms with Crippen LogP contribution in [-0.2, 0) is 13.2 Å². The normalized spacial score (nSPS) is 20.6. The monoisotopic (exact) mass is 439 g/mol. The summed E-state index contributed by atoms with van der Waals surface area (Å²) in [4.78, 5) is 21.9. The number of rotatable bonds is 3. The van der Waals surface area contributed by atoms with Gasteiger partial charge in [0.25, 0.3) is 5.56 Å². The molecular weight excluding hydrogens is 419 g/mol. The van der Waals surface area contributed by atoms with Crippen LogP contribution in [0.5, 0.6) is 0 Å². The summed E-state index contributed by atoms with van der Waals surface area (Å²) < 4.78 is 41.2. The Bertz CT molecular complexity index is 1140. The van der Waals surface area contributed by atoms with Crippen LogP contribution in [0, 0.1) is 0 Å². The minimum atomic E-state index is -4.50. The molecule has 2 aromatic heterocycles. The van der Waals surface area contributed by atoms with Gasteiger partial charge in [-0.3, -0.25) is 9.36 Å². The van der Waals surface area contributed by atoms with Crippen LogP contribution < -0.4 is 10.9 Å². The Morgan fingerprint density at radius 3 is 2.73 bits per heavy atom. The van der Waals surface area contributed by atoms with Gasteiger partial charge in [-0.2, -0.15) is 13.2 Å². The van der Waals surface area contributed by atoms with Gasteiger partial charge in [0.2, 0.25) is 5.95 Å². The first-order valence-corrected chi connectivity index (χ1v) is 9.87. The first-order valence-electron chi connectivity index (χ1n) is 9.49. The lowest BCUT2D eigenvalue weighted by Gasteiger charge is -2.36. The summed E-state index contributed by atoms with van der Waals surface area (Å²) >= 11 is 5.77. The highest BCUT2D eigenvalue weighted by molar-refractivity contribution is 6.31. The lowest BCUT2D eigenvalue weighted by molar-refractivity contribution is -0.137. The zero-order chi connectivity index (χ0) is 21.6. The van der Waals surface area contributed by atoms with Crippen LogP contribution in [0.15, 0.2) is 35.3 Å². The number of aromatic nitrogens is 3. The molecule has 6 nitrogen and oxygen atoms in total. The van der Waals surface area contributed by atoms with Gasteiger partial charge >= 0.3 is 6.18 Å². The molecule has 160 valence electrons. The van der Waals surface area contributed by atoms with Gasteiger partial charge in [-0.1, -0.05) is 17.7 Å². The van der Waals surface area contributed by atoms with Gasteiger partial charge in [-0.05, 0) is 43.1 Å². The zero-order valence-electron chi connectivity index (χ0n) is 16.4. The van der Waals surface area contributed by atoms with Crippen LogP contribution in [-0.4, -0.2) is 45.6 Å². The molecule has 1 saturated heterocycles. The quantitative estimate of drug-likeness (QED) is 0.651. The largest absolute Gasteiger partial charge is 0.417 e. The van der Waals surface area contributed by atoms with E-state index in [1.165, 1.54) is 10.6 Å². The van der Waals surface area contributed by atoms with E-state index in [1.807, 2.05) is 7.05 Å². The molecule has 2 N–H and O–H groups in total.